The summed E-state index contributed by atoms with van der Waals surface area (Å²) in [7, 11) is 1.56. The van der Waals surface area contributed by atoms with Gasteiger partial charge in [0.05, 0.1) is 25.3 Å². The fourth-order valence-electron chi connectivity index (χ4n) is 2.36. The molecule has 2 heterocycles. The molecule has 0 saturated heterocycles. The van der Waals surface area contributed by atoms with E-state index in [0.717, 1.165) is 16.5 Å². The van der Waals surface area contributed by atoms with E-state index in [0.29, 0.717) is 17.0 Å². The Hall–Kier alpha value is -2.82. The molecule has 5 heteroatoms. The zero-order chi connectivity index (χ0) is 14.8. The van der Waals surface area contributed by atoms with Gasteiger partial charge in [0.25, 0.3) is 0 Å². The number of nitrogens with one attached hydrogen (secondary N) is 1. The zero-order valence-corrected chi connectivity index (χ0v) is 11.7. The van der Waals surface area contributed by atoms with Crippen molar-refractivity contribution in [2.75, 3.05) is 12.4 Å². The van der Waals surface area contributed by atoms with Gasteiger partial charge in [-0.3, -0.25) is 9.78 Å². The molecule has 1 aromatic carbocycles. The minimum atomic E-state index is -0.154. The minimum Gasteiger partial charge on any atom is -0.492 e. The molecule has 5 nitrogen and oxygen atoms in total. The van der Waals surface area contributed by atoms with E-state index >= 15 is 0 Å². The summed E-state index contributed by atoms with van der Waals surface area (Å²) in [5, 5.41) is 3.68. The van der Waals surface area contributed by atoms with Crippen LogP contribution in [0, 0.1) is 0 Å². The Labute approximate surface area is 121 Å². The van der Waals surface area contributed by atoms with Gasteiger partial charge in [-0.15, -0.1) is 0 Å². The summed E-state index contributed by atoms with van der Waals surface area (Å²) in [6.45, 7) is 1.46. The SMILES string of the molecule is COc1c(NC(C)=O)ccc2c(-c3ccoc3)ccnc12. The van der Waals surface area contributed by atoms with Crippen LogP contribution in [0.25, 0.3) is 22.0 Å². The Bertz CT molecular complexity index is 795. The van der Waals surface area contributed by atoms with E-state index in [1.165, 1.54) is 6.92 Å². The van der Waals surface area contributed by atoms with Crippen LogP contribution >= 0.6 is 0 Å². The Kier molecular flexibility index (Phi) is 3.31. The average molecular weight is 282 g/mol. The summed E-state index contributed by atoms with van der Waals surface area (Å²) in [5.41, 5.74) is 3.27. The smallest absolute Gasteiger partial charge is 0.221 e. The van der Waals surface area contributed by atoms with Gasteiger partial charge in [0.2, 0.25) is 5.91 Å². The van der Waals surface area contributed by atoms with Crippen LogP contribution < -0.4 is 10.1 Å². The lowest BCUT2D eigenvalue weighted by atomic mass is 10.0. The number of carbonyl (C=O) groups is 1. The van der Waals surface area contributed by atoms with Crippen LogP contribution in [0.4, 0.5) is 5.69 Å². The van der Waals surface area contributed by atoms with E-state index in [4.69, 9.17) is 9.15 Å². The fourth-order valence-corrected chi connectivity index (χ4v) is 2.36. The number of furan rings is 1. The first kappa shape index (κ1) is 13.2. The molecule has 0 spiro atoms. The molecule has 1 N–H and O–H groups in total. The Balaban J connectivity index is 2.25. The highest BCUT2D eigenvalue weighted by Crippen LogP contribution is 2.37. The summed E-state index contributed by atoms with van der Waals surface area (Å²) < 4.78 is 10.6. The Morgan fingerprint density at radius 2 is 2.14 bits per heavy atom. The number of rotatable bonds is 3. The molecule has 3 aromatic rings. The maximum Gasteiger partial charge on any atom is 0.221 e. The molecule has 0 bridgehead atoms. The maximum atomic E-state index is 11.3. The van der Waals surface area contributed by atoms with Crippen molar-refractivity contribution in [1.82, 2.24) is 4.98 Å². The Morgan fingerprint density at radius 1 is 1.29 bits per heavy atom. The first-order valence-corrected chi connectivity index (χ1v) is 6.46. The lowest BCUT2D eigenvalue weighted by molar-refractivity contribution is -0.114. The van der Waals surface area contributed by atoms with Gasteiger partial charge in [-0.1, -0.05) is 0 Å². The number of aromatic nitrogens is 1. The predicted octanol–water partition coefficient (Wildman–Crippen LogP) is 3.46. The topological polar surface area (TPSA) is 64.4 Å². The number of amides is 1. The number of ether oxygens (including phenoxy) is 1. The van der Waals surface area contributed by atoms with Crippen molar-refractivity contribution < 1.29 is 13.9 Å². The normalized spacial score (nSPS) is 10.6. The van der Waals surface area contributed by atoms with E-state index in [9.17, 15) is 4.79 Å². The average Bonchev–Trinajstić information content (AvgIpc) is 2.99. The van der Waals surface area contributed by atoms with E-state index in [2.05, 4.69) is 10.3 Å². The molecule has 0 saturated carbocycles. The van der Waals surface area contributed by atoms with E-state index < -0.39 is 0 Å². The van der Waals surface area contributed by atoms with Crippen LogP contribution in [-0.4, -0.2) is 18.0 Å². The Morgan fingerprint density at radius 3 is 2.81 bits per heavy atom. The third-order valence-electron chi connectivity index (χ3n) is 3.21. The molecular weight excluding hydrogens is 268 g/mol. The molecule has 0 aliphatic rings. The van der Waals surface area contributed by atoms with Crippen LogP contribution in [0.15, 0.2) is 47.4 Å². The summed E-state index contributed by atoms with van der Waals surface area (Å²) in [6.07, 6.45) is 5.03. The second-order valence-electron chi connectivity index (χ2n) is 4.59. The molecule has 106 valence electrons. The van der Waals surface area contributed by atoms with Crippen molar-refractivity contribution in [2.45, 2.75) is 6.92 Å². The van der Waals surface area contributed by atoms with Gasteiger partial charge >= 0.3 is 0 Å². The zero-order valence-electron chi connectivity index (χ0n) is 11.7. The quantitative estimate of drug-likeness (QED) is 0.799. The van der Waals surface area contributed by atoms with Crippen molar-refractivity contribution in [2.24, 2.45) is 0 Å². The van der Waals surface area contributed by atoms with Gasteiger partial charge in [-0.25, -0.2) is 0 Å². The summed E-state index contributed by atoms with van der Waals surface area (Å²) in [4.78, 5) is 15.7. The van der Waals surface area contributed by atoms with Crippen molar-refractivity contribution in [3.8, 4) is 16.9 Å². The van der Waals surface area contributed by atoms with Gasteiger partial charge < -0.3 is 14.5 Å². The molecule has 0 unspecified atom stereocenters. The molecule has 0 fully saturated rings. The lowest BCUT2D eigenvalue weighted by Crippen LogP contribution is -2.07. The number of pyridine rings is 1. The summed E-state index contributed by atoms with van der Waals surface area (Å²) >= 11 is 0. The van der Waals surface area contributed by atoms with Gasteiger partial charge in [-0.05, 0) is 29.8 Å². The number of hydrogen-bond acceptors (Lipinski definition) is 4. The molecule has 0 aliphatic heterocycles. The van der Waals surface area contributed by atoms with E-state index in [-0.39, 0.29) is 5.91 Å². The standard InChI is InChI=1S/C16H14N2O3/c1-10(19)18-14-4-3-13-12(11-6-8-21-9-11)5-7-17-15(13)16(14)20-2/h3-9H,1-2H3,(H,18,19). The highest BCUT2D eigenvalue weighted by atomic mass is 16.5. The van der Waals surface area contributed by atoms with Crippen LogP contribution in [-0.2, 0) is 4.79 Å². The van der Waals surface area contributed by atoms with Crippen LogP contribution in [0.5, 0.6) is 5.75 Å². The number of fused-ring (bicyclic) bond motifs is 1. The number of methoxy groups -OCH3 is 1. The lowest BCUT2D eigenvalue weighted by Gasteiger charge is -2.13. The molecule has 21 heavy (non-hydrogen) atoms. The second kappa shape index (κ2) is 5.28. The molecular formula is C16H14N2O3. The third kappa shape index (κ3) is 2.33. The van der Waals surface area contributed by atoms with Gasteiger partial charge in [0.1, 0.15) is 5.52 Å². The number of nitrogens with zero attached hydrogens (tertiary/aromatic N) is 1. The first-order valence-electron chi connectivity index (χ1n) is 6.46. The predicted molar refractivity (Wildman–Crippen MR) is 80.3 cm³/mol. The van der Waals surface area contributed by atoms with Gasteiger partial charge in [0, 0.05) is 24.1 Å². The van der Waals surface area contributed by atoms with Crippen molar-refractivity contribution in [3.05, 3.63) is 43.0 Å². The van der Waals surface area contributed by atoms with Crippen LogP contribution in [0.3, 0.4) is 0 Å². The van der Waals surface area contributed by atoms with Crippen LogP contribution in [0.1, 0.15) is 6.92 Å². The molecule has 0 aliphatic carbocycles. The molecule has 0 radical (unpaired) electrons. The molecule has 0 atom stereocenters. The third-order valence-corrected chi connectivity index (χ3v) is 3.21. The monoisotopic (exact) mass is 282 g/mol. The van der Waals surface area contributed by atoms with Crippen LogP contribution in [0.2, 0.25) is 0 Å². The molecule has 3 rings (SSSR count). The number of hydrogen-bond donors (Lipinski definition) is 1. The second-order valence-corrected chi connectivity index (χ2v) is 4.59. The van der Waals surface area contributed by atoms with Crippen molar-refractivity contribution >= 4 is 22.5 Å². The summed E-state index contributed by atoms with van der Waals surface area (Å²) in [6, 6.07) is 7.54. The minimum absolute atomic E-state index is 0.154. The number of anilines is 1. The first-order chi connectivity index (χ1) is 10.2. The van der Waals surface area contributed by atoms with Gasteiger partial charge in [0.15, 0.2) is 5.75 Å². The highest BCUT2D eigenvalue weighted by molar-refractivity contribution is 6.02. The maximum absolute atomic E-state index is 11.3. The molecule has 1 amide bonds. The number of carbonyl (C=O) groups excluding carboxylic acids is 1. The fraction of sp³-hybridized carbons (Fsp3) is 0.125. The van der Waals surface area contributed by atoms with Crippen molar-refractivity contribution in [1.29, 1.82) is 0 Å². The number of benzene rings is 1. The highest BCUT2D eigenvalue weighted by Gasteiger charge is 2.14. The van der Waals surface area contributed by atoms with E-state index in [1.54, 1.807) is 25.8 Å². The summed E-state index contributed by atoms with van der Waals surface area (Å²) in [5.74, 6) is 0.395. The molecule has 2 aromatic heterocycles. The largest absolute Gasteiger partial charge is 0.492 e. The van der Waals surface area contributed by atoms with Gasteiger partial charge in [-0.2, -0.15) is 0 Å². The van der Waals surface area contributed by atoms with Crippen molar-refractivity contribution in [3.63, 3.8) is 0 Å². The van der Waals surface area contributed by atoms with E-state index in [1.807, 2.05) is 24.3 Å².